The van der Waals surface area contributed by atoms with Gasteiger partial charge in [-0.25, -0.2) is 4.98 Å². The second kappa shape index (κ2) is 8.34. The molecule has 0 radical (unpaired) electrons. The number of hydrogen-bond acceptors (Lipinski definition) is 5. The standard InChI is InChI=1S/C18H18N4O2S/c1-24-15-9-5-8-14(11-15)19-17(23)12-25-18-20-16(21-22-18)10-13-6-3-2-4-7-13/h2-9,11H,10,12H2,1H3,(H,19,23)(H,20,21,22). The molecule has 0 saturated heterocycles. The van der Waals surface area contributed by atoms with E-state index in [9.17, 15) is 4.79 Å². The number of nitrogens with one attached hydrogen (secondary N) is 2. The van der Waals surface area contributed by atoms with Crippen molar-refractivity contribution in [3.05, 3.63) is 66.0 Å². The second-order valence-corrected chi connectivity index (χ2v) is 6.24. The molecule has 128 valence electrons. The van der Waals surface area contributed by atoms with Gasteiger partial charge in [0.15, 0.2) is 0 Å². The molecule has 0 aliphatic rings. The second-order valence-electron chi connectivity index (χ2n) is 5.30. The zero-order chi connectivity index (χ0) is 17.5. The summed E-state index contributed by atoms with van der Waals surface area (Å²) in [5.74, 6) is 1.60. The molecule has 0 aliphatic heterocycles. The number of carbonyl (C=O) groups is 1. The van der Waals surface area contributed by atoms with E-state index in [1.807, 2.05) is 48.5 Å². The SMILES string of the molecule is COc1cccc(NC(=O)CSc2n[nH]c(Cc3ccccc3)n2)c1. The number of nitrogens with zero attached hydrogens (tertiary/aromatic N) is 2. The summed E-state index contributed by atoms with van der Waals surface area (Å²) in [5.41, 5.74) is 1.86. The van der Waals surface area contributed by atoms with E-state index in [1.165, 1.54) is 11.8 Å². The predicted octanol–water partition coefficient (Wildman–Crippen LogP) is 3.13. The number of carbonyl (C=O) groups excluding carboxylic acids is 1. The summed E-state index contributed by atoms with van der Waals surface area (Å²) in [6, 6.07) is 17.3. The number of thioether (sulfide) groups is 1. The number of aromatic nitrogens is 3. The van der Waals surface area contributed by atoms with Gasteiger partial charge in [-0.3, -0.25) is 9.89 Å². The summed E-state index contributed by atoms with van der Waals surface area (Å²) in [6.07, 6.45) is 0.685. The number of benzene rings is 2. The lowest BCUT2D eigenvalue weighted by atomic mass is 10.1. The molecule has 0 fully saturated rings. The third kappa shape index (κ3) is 5.09. The molecule has 0 bridgehead atoms. The van der Waals surface area contributed by atoms with Gasteiger partial charge in [-0.2, -0.15) is 0 Å². The van der Waals surface area contributed by atoms with Crippen LogP contribution in [0.25, 0.3) is 0 Å². The Kier molecular flexibility index (Phi) is 5.69. The summed E-state index contributed by atoms with van der Waals surface area (Å²) in [5, 5.41) is 10.4. The van der Waals surface area contributed by atoms with Crippen LogP contribution in [0.3, 0.4) is 0 Å². The Hall–Kier alpha value is -2.80. The Balaban J connectivity index is 1.50. The van der Waals surface area contributed by atoms with E-state index in [0.29, 0.717) is 23.0 Å². The van der Waals surface area contributed by atoms with E-state index in [-0.39, 0.29) is 11.7 Å². The Labute approximate surface area is 150 Å². The van der Waals surface area contributed by atoms with E-state index in [4.69, 9.17) is 4.74 Å². The summed E-state index contributed by atoms with van der Waals surface area (Å²) in [7, 11) is 1.59. The summed E-state index contributed by atoms with van der Waals surface area (Å²) >= 11 is 1.29. The van der Waals surface area contributed by atoms with Crippen molar-refractivity contribution >= 4 is 23.4 Å². The van der Waals surface area contributed by atoms with Crippen LogP contribution in [0.5, 0.6) is 5.75 Å². The van der Waals surface area contributed by atoms with Crippen LogP contribution < -0.4 is 10.1 Å². The predicted molar refractivity (Wildman–Crippen MR) is 98.0 cm³/mol. The number of amides is 1. The number of ether oxygens (including phenoxy) is 1. The molecule has 3 rings (SSSR count). The molecule has 2 aromatic carbocycles. The average molecular weight is 354 g/mol. The van der Waals surface area contributed by atoms with Gasteiger partial charge >= 0.3 is 0 Å². The molecule has 7 heteroatoms. The Morgan fingerprint density at radius 3 is 2.84 bits per heavy atom. The average Bonchev–Trinajstić information content (AvgIpc) is 3.08. The topological polar surface area (TPSA) is 79.9 Å². The number of aromatic amines is 1. The maximum Gasteiger partial charge on any atom is 0.234 e. The third-order valence-corrected chi connectivity index (χ3v) is 4.26. The van der Waals surface area contributed by atoms with Crippen LogP contribution >= 0.6 is 11.8 Å². The summed E-state index contributed by atoms with van der Waals surface area (Å²) in [4.78, 5) is 16.5. The molecule has 1 heterocycles. The highest BCUT2D eigenvalue weighted by atomic mass is 32.2. The van der Waals surface area contributed by atoms with Crippen molar-refractivity contribution < 1.29 is 9.53 Å². The highest BCUT2D eigenvalue weighted by molar-refractivity contribution is 7.99. The first-order valence-electron chi connectivity index (χ1n) is 7.75. The number of hydrogen-bond donors (Lipinski definition) is 2. The number of rotatable bonds is 7. The van der Waals surface area contributed by atoms with Gasteiger partial charge in [0.1, 0.15) is 11.6 Å². The van der Waals surface area contributed by atoms with Gasteiger partial charge in [0.2, 0.25) is 11.1 Å². The molecular formula is C18H18N4O2S. The van der Waals surface area contributed by atoms with Gasteiger partial charge in [0, 0.05) is 18.2 Å². The van der Waals surface area contributed by atoms with Gasteiger partial charge in [-0.05, 0) is 17.7 Å². The zero-order valence-corrected chi connectivity index (χ0v) is 14.5. The van der Waals surface area contributed by atoms with Crippen molar-refractivity contribution in [2.75, 3.05) is 18.2 Å². The minimum Gasteiger partial charge on any atom is -0.497 e. The van der Waals surface area contributed by atoms with Crippen LogP contribution in [-0.2, 0) is 11.2 Å². The van der Waals surface area contributed by atoms with E-state index in [1.54, 1.807) is 13.2 Å². The molecule has 0 aliphatic carbocycles. The normalized spacial score (nSPS) is 10.4. The molecule has 0 unspecified atom stereocenters. The van der Waals surface area contributed by atoms with Gasteiger partial charge in [0.05, 0.1) is 12.9 Å². The highest BCUT2D eigenvalue weighted by Gasteiger charge is 2.09. The molecule has 1 aromatic heterocycles. The lowest BCUT2D eigenvalue weighted by molar-refractivity contribution is -0.113. The fourth-order valence-electron chi connectivity index (χ4n) is 2.24. The maximum absolute atomic E-state index is 12.0. The van der Waals surface area contributed by atoms with Crippen molar-refractivity contribution in [1.29, 1.82) is 0 Å². The first-order valence-corrected chi connectivity index (χ1v) is 8.73. The third-order valence-electron chi connectivity index (χ3n) is 3.41. The molecule has 3 aromatic rings. The van der Waals surface area contributed by atoms with Crippen molar-refractivity contribution in [3.8, 4) is 5.75 Å². The van der Waals surface area contributed by atoms with Crippen molar-refractivity contribution in [2.24, 2.45) is 0 Å². The molecule has 6 nitrogen and oxygen atoms in total. The summed E-state index contributed by atoms with van der Waals surface area (Å²) < 4.78 is 5.14. The number of anilines is 1. The van der Waals surface area contributed by atoms with Crippen molar-refractivity contribution in [2.45, 2.75) is 11.6 Å². The lowest BCUT2D eigenvalue weighted by Crippen LogP contribution is -2.14. The van der Waals surface area contributed by atoms with E-state index in [0.717, 1.165) is 11.4 Å². The minimum absolute atomic E-state index is 0.118. The molecule has 25 heavy (non-hydrogen) atoms. The fourth-order valence-corrected chi connectivity index (χ4v) is 2.86. The maximum atomic E-state index is 12.0. The molecule has 1 amide bonds. The Morgan fingerprint density at radius 1 is 1.20 bits per heavy atom. The fraction of sp³-hybridized carbons (Fsp3) is 0.167. The van der Waals surface area contributed by atoms with Crippen LogP contribution in [0, 0.1) is 0 Å². The van der Waals surface area contributed by atoms with Crippen LogP contribution in [0.1, 0.15) is 11.4 Å². The molecule has 0 saturated carbocycles. The van der Waals surface area contributed by atoms with Crippen molar-refractivity contribution in [1.82, 2.24) is 15.2 Å². The van der Waals surface area contributed by atoms with Crippen LogP contribution in [0.15, 0.2) is 59.8 Å². The van der Waals surface area contributed by atoms with Crippen LogP contribution in [-0.4, -0.2) is 34.0 Å². The first kappa shape index (κ1) is 17.0. The minimum atomic E-state index is -0.118. The van der Waals surface area contributed by atoms with Gasteiger partial charge < -0.3 is 10.1 Å². The summed E-state index contributed by atoms with van der Waals surface area (Å²) in [6.45, 7) is 0. The van der Waals surface area contributed by atoms with Crippen LogP contribution in [0.4, 0.5) is 5.69 Å². The largest absolute Gasteiger partial charge is 0.497 e. The molecule has 2 N–H and O–H groups in total. The van der Waals surface area contributed by atoms with Crippen molar-refractivity contribution in [3.63, 3.8) is 0 Å². The van der Waals surface area contributed by atoms with E-state index in [2.05, 4.69) is 20.5 Å². The Bertz CT molecular complexity index is 836. The van der Waals surface area contributed by atoms with E-state index < -0.39 is 0 Å². The highest BCUT2D eigenvalue weighted by Crippen LogP contribution is 2.18. The van der Waals surface area contributed by atoms with Gasteiger partial charge in [-0.15, -0.1) is 5.10 Å². The number of H-pyrrole nitrogens is 1. The van der Waals surface area contributed by atoms with E-state index >= 15 is 0 Å². The quantitative estimate of drug-likeness (QED) is 0.637. The molecule has 0 spiro atoms. The zero-order valence-electron chi connectivity index (χ0n) is 13.7. The monoisotopic (exact) mass is 354 g/mol. The number of methoxy groups -OCH3 is 1. The Morgan fingerprint density at radius 2 is 2.04 bits per heavy atom. The smallest absolute Gasteiger partial charge is 0.234 e. The first-order chi connectivity index (χ1) is 12.2. The van der Waals surface area contributed by atoms with Gasteiger partial charge in [0.25, 0.3) is 0 Å². The van der Waals surface area contributed by atoms with Crippen LogP contribution in [0.2, 0.25) is 0 Å². The van der Waals surface area contributed by atoms with Gasteiger partial charge in [-0.1, -0.05) is 48.2 Å². The molecule has 0 atom stereocenters. The lowest BCUT2D eigenvalue weighted by Gasteiger charge is -2.06. The molecular weight excluding hydrogens is 336 g/mol.